The summed E-state index contributed by atoms with van der Waals surface area (Å²) < 4.78 is 0.442. The minimum atomic E-state index is 0.184. The monoisotopic (exact) mass is 383 g/mol. The Morgan fingerprint density at radius 1 is 0.962 bits per heavy atom. The number of amides is 1. The molecule has 136 valence electrons. The number of fused-ring (bicyclic) bond motifs is 1. The van der Waals surface area contributed by atoms with Gasteiger partial charge in [-0.1, -0.05) is 36.8 Å². The van der Waals surface area contributed by atoms with Crippen LogP contribution in [0.3, 0.4) is 0 Å². The van der Waals surface area contributed by atoms with Crippen molar-refractivity contribution in [3.63, 3.8) is 0 Å². The predicted molar refractivity (Wildman–Crippen MR) is 114 cm³/mol. The lowest BCUT2D eigenvalue weighted by Crippen LogP contribution is -2.48. The smallest absolute Gasteiger partial charge is 0.227 e. The number of thioether (sulfide) groups is 2. The molecule has 0 radical (unpaired) electrons. The summed E-state index contributed by atoms with van der Waals surface area (Å²) in [6.07, 6.45) is 6.15. The summed E-state index contributed by atoms with van der Waals surface area (Å²) in [4.78, 5) is 13.0. The zero-order valence-electron chi connectivity index (χ0n) is 14.9. The van der Waals surface area contributed by atoms with E-state index in [2.05, 4.69) is 59.2 Å². The van der Waals surface area contributed by atoms with Gasteiger partial charge in [-0.2, -0.15) is 0 Å². The molecule has 5 rings (SSSR count). The van der Waals surface area contributed by atoms with Crippen LogP contribution >= 0.6 is 23.5 Å². The van der Waals surface area contributed by atoms with Crippen molar-refractivity contribution in [2.24, 2.45) is 17.8 Å². The Labute approximate surface area is 163 Å². The Balaban J connectivity index is 1.33. The second kappa shape index (κ2) is 6.79. The van der Waals surface area contributed by atoms with Gasteiger partial charge in [0.1, 0.15) is 0 Å². The molecule has 3 fully saturated rings. The molecule has 1 heterocycles. The van der Waals surface area contributed by atoms with Crippen LogP contribution < -0.4 is 5.32 Å². The predicted octanol–water partition coefficient (Wildman–Crippen LogP) is 5.78. The molecule has 4 heteroatoms. The zero-order valence-corrected chi connectivity index (χ0v) is 16.6. The molecular weight excluding hydrogens is 358 g/mol. The van der Waals surface area contributed by atoms with Gasteiger partial charge in [-0.25, -0.2) is 0 Å². The largest absolute Gasteiger partial charge is 0.326 e. The highest BCUT2D eigenvalue weighted by Crippen LogP contribution is 2.64. The fourth-order valence-corrected chi connectivity index (χ4v) is 9.27. The van der Waals surface area contributed by atoms with Crippen LogP contribution in [0.4, 0.5) is 5.69 Å². The molecule has 1 aliphatic heterocycles. The molecule has 2 aliphatic carbocycles. The van der Waals surface area contributed by atoms with Gasteiger partial charge < -0.3 is 5.32 Å². The molecule has 2 saturated carbocycles. The SMILES string of the molecule is O=C(Nc1ccc2ccccc2c1)C1CC2CCCC(C1)C21SCCS1. The summed E-state index contributed by atoms with van der Waals surface area (Å²) >= 11 is 4.42. The van der Waals surface area contributed by atoms with Crippen LogP contribution in [0.5, 0.6) is 0 Å². The first-order valence-corrected chi connectivity index (χ1v) is 11.8. The van der Waals surface area contributed by atoms with Crippen molar-refractivity contribution in [3.8, 4) is 0 Å². The number of hydrogen-bond acceptors (Lipinski definition) is 3. The lowest BCUT2D eigenvalue weighted by molar-refractivity contribution is -0.122. The number of carbonyl (C=O) groups is 1. The maximum Gasteiger partial charge on any atom is 0.227 e. The molecule has 2 bridgehead atoms. The molecule has 2 aromatic rings. The normalized spacial score (nSPS) is 29.8. The number of rotatable bonds is 2. The summed E-state index contributed by atoms with van der Waals surface area (Å²) in [6, 6.07) is 14.5. The van der Waals surface area contributed by atoms with Crippen molar-refractivity contribution >= 4 is 45.9 Å². The molecule has 1 saturated heterocycles. The van der Waals surface area contributed by atoms with E-state index >= 15 is 0 Å². The fraction of sp³-hybridized carbons (Fsp3) is 0.500. The van der Waals surface area contributed by atoms with Crippen LogP contribution in [0, 0.1) is 17.8 Å². The lowest BCUT2D eigenvalue weighted by Gasteiger charge is -2.52. The third-order valence-electron chi connectivity index (χ3n) is 6.51. The maximum absolute atomic E-state index is 13.0. The van der Waals surface area contributed by atoms with Gasteiger partial charge in [0.15, 0.2) is 0 Å². The third-order valence-corrected chi connectivity index (χ3v) is 10.5. The van der Waals surface area contributed by atoms with Crippen LogP contribution in [0.2, 0.25) is 0 Å². The van der Waals surface area contributed by atoms with Crippen LogP contribution in [-0.2, 0) is 4.79 Å². The highest BCUT2D eigenvalue weighted by molar-refractivity contribution is 8.21. The van der Waals surface area contributed by atoms with E-state index in [0.29, 0.717) is 4.08 Å². The number of carbonyl (C=O) groups excluding carboxylic acids is 1. The molecule has 2 aromatic carbocycles. The molecule has 3 aliphatic rings. The highest BCUT2D eigenvalue weighted by atomic mass is 32.2. The fourth-order valence-electron chi connectivity index (χ4n) is 5.33. The van der Waals surface area contributed by atoms with Gasteiger partial charge in [-0.3, -0.25) is 4.79 Å². The van der Waals surface area contributed by atoms with Crippen molar-refractivity contribution in [1.29, 1.82) is 0 Å². The molecule has 26 heavy (non-hydrogen) atoms. The molecule has 2 unspecified atom stereocenters. The molecule has 0 aromatic heterocycles. The Bertz CT molecular complexity index is 814. The molecule has 2 nitrogen and oxygen atoms in total. The minimum Gasteiger partial charge on any atom is -0.326 e. The Hall–Kier alpha value is -1.13. The first-order chi connectivity index (χ1) is 12.7. The lowest BCUT2D eigenvalue weighted by atomic mass is 9.67. The summed E-state index contributed by atoms with van der Waals surface area (Å²) in [5, 5.41) is 5.62. The zero-order chi connectivity index (χ0) is 17.6. The Morgan fingerprint density at radius 3 is 2.38 bits per heavy atom. The molecule has 1 amide bonds. The second-order valence-electron chi connectivity index (χ2n) is 7.96. The minimum absolute atomic E-state index is 0.184. The van der Waals surface area contributed by atoms with E-state index in [9.17, 15) is 4.79 Å². The average Bonchev–Trinajstić information content (AvgIpc) is 3.11. The van der Waals surface area contributed by atoms with Gasteiger partial charge in [0.25, 0.3) is 0 Å². The number of hydrogen-bond donors (Lipinski definition) is 1. The van der Waals surface area contributed by atoms with Crippen molar-refractivity contribution in [2.75, 3.05) is 16.8 Å². The van der Waals surface area contributed by atoms with Gasteiger partial charge in [-0.15, -0.1) is 23.5 Å². The van der Waals surface area contributed by atoms with E-state index in [1.54, 1.807) is 0 Å². The van der Waals surface area contributed by atoms with Gasteiger partial charge in [0.2, 0.25) is 5.91 Å². The highest BCUT2D eigenvalue weighted by Gasteiger charge is 2.55. The first-order valence-electron chi connectivity index (χ1n) is 9.82. The maximum atomic E-state index is 13.0. The number of nitrogens with one attached hydrogen (secondary N) is 1. The topological polar surface area (TPSA) is 29.1 Å². The molecule has 1 spiro atoms. The van der Waals surface area contributed by atoms with E-state index in [0.717, 1.165) is 30.4 Å². The van der Waals surface area contributed by atoms with E-state index in [1.165, 1.54) is 41.5 Å². The number of benzene rings is 2. The Morgan fingerprint density at radius 2 is 1.65 bits per heavy atom. The van der Waals surface area contributed by atoms with Crippen molar-refractivity contribution in [1.82, 2.24) is 0 Å². The van der Waals surface area contributed by atoms with E-state index < -0.39 is 0 Å². The van der Waals surface area contributed by atoms with Crippen molar-refractivity contribution in [2.45, 2.75) is 36.2 Å². The average molecular weight is 384 g/mol. The molecule has 2 atom stereocenters. The van der Waals surface area contributed by atoms with Gasteiger partial charge >= 0.3 is 0 Å². The number of anilines is 1. The van der Waals surface area contributed by atoms with Crippen LogP contribution in [0.25, 0.3) is 10.8 Å². The van der Waals surface area contributed by atoms with E-state index in [-0.39, 0.29) is 11.8 Å². The van der Waals surface area contributed by atoms with Crippen LogP contribution in [0.15, 0.2) is 42.5 Å². The first kappa shape index (κ1) is 17.0. The van der Waals surface area contributed by atoms with Crippen molar-refractivity contribution < 1.29 is 4.79 Å². The van der Waals surface area contributed by atoms with Crippen LogP contribution in [0.1, 0.15) is 32.1 Å². The second-order valence-corrected chi connectivity index (χ2v) is 11.0. The summed E-state index contributed by atoms with van der Waals surface area (Å²) in [7, 11) is 0. The summed E-state index contributed by atoms with van der Waals surface area (Å²) in [5.41, 5.74) is 0.934. The van der Waals surface area contributed by atoms with Crippen molar-refractivity contribution in [3.05, 3.63) is 42.5 Å². The van der Waals surface area contributed by atoms with Gasteiger partial charge in [-0.05, 0) is 60.4 Å². The quantitative estimate of drug-likeness (QED) is 0.712. The Kier molecular flexibility index (Phi) is 4.44. The van der Waals surface area contributed by atoms with Crippen LogP contribution in [-0.4, -0.2) is 21.5 Å². The van der Waals surface area contributed by atoms with E-state index in [4.69, 9.17) is 0 Å². The standard InChI is InChI=1S/C22H25NOS2/c24-21(23-20-9-8-15-4-1-2-5-16(15)14-20)17-12-18-6-3-7-19(13-17)22(18)25-10-11-26-22/h1-2,4-5,8-9,14,17-19H,3,6-7,10-13H2,(H,23,24). The molecule has 1 N–H and O–H groups in total. The van der Waals surface area contributed by atoms with E-state index in [1.807, 2.05) is 12.1 Å². The third kappa shape index (κ3) is 2.86. The van der Waals surface area contributed by atoms with Gasteiger partial charge in [0.05, 0.1) is 4.08 Å². The summed E-state index contributed by atoms with van der Waals surface area (Å²) in [6.45, 7) is 0. The molecular formula is C22H25NOS2. The summed E-state index contributed by atoms with van der Waals surface area (Å²) in [5.74, 6) is 4.46. The van der Waals surface area contributed by atoms with Gasteiger partial charge in [0, 0.05) is 23.1 Å².